The van der Waals surface area contributed by atoms with Gasteiger partial charge in [-0.3, -0.25) is 4.79 Å². The molecule has 70 valence electrons. The van der Waals surface area contributed by atoms with Crippen LogP contribution in [0.2, 0.25) is 0 Å². The predicted molar refractivity (Wildman–Crippen MR) is 49.3 cm³/mol. The van der Waals surface area contributed by atoms with Crippen molar-refractivity contribution in [3.05, 3.63) is 24.3 Å². The Kier molecular flexibility index (Phi) is 3.88. The van der Waals surface area contributed by atoms with Gasteiger partial charge in [0.2, 0.25) is 0 Å². The molecule has 1 aromatic rings. The first-order valence-corrected chi connectivity index (χ1v) is 4.38. The zero-order valence-corrected chi connectivity index (χ0v) is 7.66. The van der Waals surface area contributed by atoms with Crippen molar-refractivity contribution >= 4 is 5.91 Å². The van der Waals surface area contributed by atoms with Crippen LogP contribution in [0.1, 0.15) is 30.3 Å². The molecule has 0 unspecified atom stereocenters. The quantitative estimate of drug-likeness (QED) is 0.702. The summed E-state index contributed by atoms with van der Waals surface area (Å²) in [5.41, 5.74) is 0.422. The molecule has 0 spiro atoms. The van der Waals surface area contributed by atoms with Gasteiger partial charge in [-0.1, -0.05) is 13.3 Å². The first-order valence-electron chi connectivity index (χ1n) is 4.38. The first kappa shape index (κ1) is 9.64. The fraction of sp³-hybridized carbons (Fsp3) is 0.444. The number of carbonyl (C=O) groups excluding carboxylic acids is 1. The van der Waals surface area contributed by atoms with Crippen LogP contribution < -0.4 is 5.32 Å². The Morgan fingerprint density at radius 3 is 3.08 bits per heavy atom. The van der Waals surface area contributed by atoms with Gasteiger partial charge in [0.15, 0.2) is 0 Å². The number of carbonyl (C=O) groups is 1. The van der Waals surface area contributed by atoms with Crippen molar-refractivity contribution in [1.29, 1.82) is 0 Å². The average Bonchev–Trinajstić information content (AvgIpc) is 2.19. The number of unbranched alkanes of at least 4 members (excludes halogenated alkanes) is 1. The minimum atomic E-state index is -0.129. The molecule has 0 bridgehead atoms. The number of hydrogen-bond donors (Lipinski definition) is 1. The summed E-state index contributed by atoms with van der Waals surface area (Å²) in [7, 11) is 0. The van der Waals surface area contributed by atoms with Crippen LogP contribution in [-0.2, 0) is 0 Å². The maximum atomic E-state index is 11.3. The van der Waals surface area contributed by atoms with E-state index in [0.29, 0.717) is 12.2 Å². The van der Waals surface area contributed by atoms with Crippen molar-refractivity contribution in [3.63, 3.8) is 0 Å². The van der Waals surface area contributed by atoms with Crippen molar-refractivity contribution < 1.29 is 4.79 Å². The molecule has 0 fully saturated rings. The monoisotopic (exact) mass is 179 g/mol. The van der Waals surface area contributed by atoms with Crippen molar-refractivity contribution in [3.8, 4) is 0 Å². The third kappa shape index (κ3) is 3.19. The lowest BCUT2D eigenvalue weighted by atomic mass is 10.3. The second-order valence-electron chi connectivity index (χ2n) is 2.70. The van der Waals surface area contributed by atoms with Crippen LogP contribution in [0.25, 0.3) is 0 Å². The summed E-state index contributed by atoms with van der Waals surface area (Å²) >= 11 is 0. The molecule has 0 radical (unpaired) electrons. The van der Waals surface area contributed by atoms with Crippen LogP contribution in [-0.4, -0.2) is 22.4 Å². The van der Waals surface area contributed by atoms with E-state index in [9.17, 15) is 4.79 Å². The third-order valence-corrected chi connectivity index (χ3v) is 1.63. The van der Waals surface area contributed by atoms with E-state index < -0.39 is 0 Å². The molecule has 13 heavy (non-hydrogen) atoms. The van der Waals surface area contributed by atoms with E-state index in [4.69, 9.17) is 0 Å². The van der Waals surface area contributed by atoms with Crippen molar-refractivity contribution in [2.45, 2.75) is 19.8 Å². The second-order valence-corrected chi connectivity index (χ2v) is 2.70. The molecule has 0 saturated heterocycles. The summed E-state index contributed by atoms with van der Waals surface area (Å²) in [6, 6.07) is 1.60. The van der Waals surface area contributed by atoms with Gasteiger partial charge < -0.3 is 5.32 Å². The number of rotatable bonds is 4. The van der Waals surface area contributed by atoms with Crippen LogP contribution in [0.5, 0.6) is 0 Å². The van der Waals surface area contributed by atoms with Crippen LogP contribution in [0.15, 0.2) is 18.6 Å². The number of nitrogens with one attached hydrogen (secondary N) is 1. The Morgan fingerprint density at radius 2 is 2.46 bits per heavy atom. The Hall–Kier alpha value is -1.45. The molecule has 1 amide bonds. The van der Waals surface area contributed by atoms with E-state index in [1.807, 2.05) is 0 Å². The van der Waals surface area contributed by atoms with E-state index in [1.54, 1.807) is 12.3 Å². The molecular formula is C9H13N3O. The van der Waals surface area contributed by atoms with Gasteiger partial charge in [0.25, 0.3) is 5.91 Å². The number of aromatic nitrogens is 2. The van der Waals surface area contributed by atoms with Gasteiger partial charge in [0, 0.05) is 12.7 Å². The second kappa shape index (κ2) is 5.24. The lowest BCUT2D eigenvalue weighted by Crippen LogP contribution is -2.25. The number of nitrogens with zero attached hydrogens (tertiary/aromatic N) is 2. The molecule has 0 aliphatic heterocycles. The molecule has 0 saturated carbocycles. The van der Waals surface area contributed by atoms with Crippen molar-refractivity contribution in [1.82, 2.24) is 15.3 Å². The molecular weight excluding hydrogens is 166 g/mol. The van der Waals surface area contributed by atoms with E-state index in [2.05, 4.69) is 22.2 Å². The van der Waals surface area contributed by atoms with E-state index in [1.165, 1.54) is 6.33 Å². The zero-order valence-electron chi connectivity index (χ0n) is 7.66. The highest BCUT2D eigenvalue weighted by molar-refractivity contribution is 5.91. The predicted octanol–water partition coefficient (Wildman–Crippen LogP) is 1.01. The van der Waals surface area contributed by atoms with Crippen LogP contribution >= 0.6 is 0 Å². The topological polar surface area (TPSA) is 54.9 Å². The first-order chi connectivity index (χ1) is 6.34. The van der Waals surface area contributed by atoms with Gasteiger partial charge in [-0.05, 0) is 12.5 Å². The average molecular weight is 179 g/mol. The summed E-state index contributed by atoms with van der Waals surface area (Å²) in [6.07, 6.45) is 5.00. The Bertz CT molecular complexity index is 261. The molecule has 0 atom stereocenters. The van der Waals surface area contributed by atoms with Crippen LogP contribution in [0.4, 0.5) is 0 Å². The minimum Gasteiger partial charge on any atom is -0.351 e. The maximum absolute atomic E-state index is 11.3. The zero-order chi connectivity index (χ0) is 9.52. The van der Waals surface area contributed by atoms with Gasteiger partial charge in [0.1, 0.15) is 12.0 Å². The summed E-state index contributed by atoms with van der Waals surface area (Å²) in [5, 5.41) is 2.77. The molecule has 0 aliphatic carbocycles. The normalized spacial score (nSPS) is 9.62. The van der Waals surface area contributed by atoms with E-state index in [0.717, 1.165) is 12.8 Å². The highest BCUT2D eigenvalue weighted by Crippen LogP contribution is 1.91. The molecule has 1 N–H and O–H groups in total. The van der Waals surface area contributed by atoms with Crippen molar-refractivity contribution in [2.24, 2.45) is 0 Å². The van der Waals surface area contributed by atoms with E-state index in [-0.39, 0.29) is 5.91 Å². The summed E-state index contributed by atoms with van der Waals surface area (Å²) in [6.45, 7) is 2.79. The number of hydrogen-bond acceptors (Lipinski definition) is 3. The fourth-order valence-electron chi connectivity index (χ4n) is 0.894. The smallest absolute Gasteiger partial charge is 0.270 e. The fourth-order valence-corrected chi connectivity index (χ4v) is 0.894. The molecule has 1 rings (SSSR count). The SMILES string of the molecule is CCCCNC(=O)c1ccncn1. The molecule has 1 heterocycles. The van der Waals surface area contributed by atoms with Crippen molar-refractivity contribution in [2.75, 3.05) is 6.54 Å². The summed E-state index contributed by atoms with van der Waals surface area (Å²) in [4.78, 5) is 18.9. The highest BCUT2D eigenvalue weighted by Gasteiger charge is 2.03. The molecule has 4 nitrogen and oxygen atoms in total. The molecule has 0 aliphatic rings. The van der Waals surface area contributed by atoms with Crippen LogP contribution in [0, 0.1) is 0 Å². The Morgan fingerprint density at radius 1 is 1.62 bits per heavy atom. The molecule has 4 heteroatoms. The minimum absolute atomic E-state index is 0.129. The van der Waals surface area contributed by atoms with Gasteiger partial charge in [0.05, 0.1) is 0 Å². The summed E-state index contributed by atoms with van der Waals surface area (Å²) < 4.78 is 0. The Balaban J connectivity index is 2.40. The number of amides is 1. The maximum Gasteiger partial charge on any atom is 0.270 e. The van der Waals surface area contributed by atoms with Crippen LogP contribution in [0.3, 0.4) is 0 Å². The molecule has 0 aromatic carbocycles. The van der Waals surface area contributed by atoms with Gasteiger partial charge in [-0.15, -0.1) is 0 Å². The standard InChI is InChI=1S/C9H13N3O/c1-2-3-5-11-9(13)8-4-6-10-7-12-8/h4,6-7H,2-3,5H2,1H3,(H,11,13). The van der Waals surface area contributed by atoms with Gasteiger partial charge >= 0.3 is 0 Å². The third-order valence-electron chi connectivity index (χ3n) is 1.63. The Labute approximate surface area is 77.4 Å². The highest BCUT2D eigenvalue weighted by atomic mass is 16.1. The summed E-state index contributed by atoms with van der Waals surface area (Å²) in [5.74, 6) is -0.129. The van der Waals surface area contributed by atoms with Gasteiger partial charge in [-0.2, -0.15) is 0 Å². The molecule has 1 aromatic heterocycles. The lowest BCUT2D eigenvalue weighted by Gasteiger charge is -2.01. The van der Waals surface area contributed by atoms with Gasteiger partial charge in [-0.25, -0.2) is 9.97 Å². The lowest BCUT2D eigenvalue weighted by molar-refractivity contribution is 0.0948. The largest absolute Gasteiger partial charge is 0.351 e. The van der Waals surface area contributed by atoms with E-state index >= 15 is 0 Å².